The Balaban J connectivity index is 1.87. The van der Waals surface area contributed by atoms with Gasteiger partial charge in [-0.2, -0.15) is 0 Å². The Kier molecular flexibility index (Phi) is 3.86. The van der Waals surface area contributed by atoms with Gasteiger partial charge in [-0.3, -0.25) is 0 Å². The van der Waals surface area contributed by atoms with E-state index in [-0.39, 0.29) is 24.1 Å². The summed E-state index contributed by atoms with van der Waals surface area (Å²) in [5, 5.41) is 14.1. The minimum absolute atomic E-state index is 0.199. The molecule has 1 fully saturated rings. The van der Waals surface area contributed by atoms with E-state index in [4.69, 9.17) is 0 Å². The maximum Gasteiger partial charge on any atom is 0.0602 e. The van der Waals surface area contributed by atoms with Crippen molar-refractivity contribution in [2.24, 2.45) is 5.92 Å². The highest BCUT2D eigenvalue weighted by Gasteiger charge is 2.34. The number of rotatable bonds is 2. The van der Waals surface area contributed by atoms with Crippen molar-refractivity contribution >= 4 is 0 Å². The molecule has 1 aliphatic heterocycles. The number of hydrogen-bond donors (Lipinski definition) is 2. The van der Waals surface area contributed by atoms with E-state index in [9.17, 15) is 5.11 Å². The highest BCUT2D eigenvalue weighted by atomic mass is 16.3. The van der Waals surface area contributed by atoms with Gasteiger partial charge in [0, 0.05) is 18.0 Å². The number of nitrogens with one attached hydrogen (secondary N) is 1. The van der Waals surface area contributed by atoms with Gasteiger partial charge in [0.25, 0.3) is 0 Å². The van der Waals surface area contributed by atoms with Gasteiger partial charge in [-0.15, -0.1) is 0 Å². The van der Waals surface area contributed by atoms with Crippen LogP contribution in [0.4, 0.5) is 0 Å². The molecule has 2 aromatic carbocycles. The SMILES string of the molecule is C[C@@H]1[C@@H](c2ccccc2)N[C@H](c2ccccc2)C[C@@H]1O. The number of piperidine rings is 1. The number of aliphatic hydroxyl groups excluding tert-OH is 1. The van der Waals surface area contributed by atoms with Crippen LogP contribution in [-0.2, 0) is 0 Å². The molecule has 1 saturated heterocycles. The smallest absolute Gasteiger partial charge is 0.0602 e. The Hall–Kier alpha value is -1.64. The van der Waals surface area contributed by atoms with E-state index >= 15 is 0 Å². The number of aliphatic hydroxyl groups is 1. The Bertz CT molecular complexity index is 540. The van der Waals surface area contributed by atoms with Crippen molar-refractivity contribution in [3.63, 3.8) is 0 Å². The lowest BCUT2D eigenvalue weighted by Gasteiger charge is -2.39. The predicted octanol–water partition coefficient (Wildman–Crippen LogP) is 3.46. The maximum atomic E-state index is 10.4. The van der Waals surface area contributed by atoms with Crippen LogP contribution >= 0.6 is 0 Å². The first-order valence-corrected chi connectivity index (χ1v) is 7.29. The quantitative estimate of drug-likeness (QED) is 0.873. The fourth-order valence-electron chi connectivity index (χ4n) is 3.09. The van der Waals surface area contributed by atoms with Crippen molar-refractivity contribution in [2.45, 2.75) is 31.5 Å². The van der Waals surface area contributed by atoms with Crippen LogP contribution in [0.25, 0.3) is 0 Å². The van der Waals surface area contributed by atoms with E-state index < -0.39 is 0 Å². The summed E-state index contributed by atoms with van der Waals surface area (Å²) >= 11 is 0. The lowest BCUT2D eigenvalue weighted by Crippen LogP contribution is -2.43. The van der Waals surface area contributed by atoms with E-state index in [0.717, 1.165) is 6.42 Å². The first-order valence-electron chi connectivity index (χ1n) is 7.29. The Morgan fingerprint density at radius 2 is 1.45 bits per heavy atom. The molecule has 3 rings (SSSR count). The molecule has 2 heteroatoms. The normalized spacial score (nSPS) is 30.1. The van der Waals surface area contributed by atoms with Crippen LogP contribution in [0.15, 0.2) is 60.7 Å². The summed E-state index contributed by atoms with van der Waals surface area (Å²) in [5.41, 5.74) is 2.50. The second-order valence-electron chi connectivity index (χ2n) is 5.68. The van der Waals surface area contributed by atoms with Crippen LogP contribution < -0.4 is 5.32 Å². The zero-order valence-corrected chi connectivity index (χ0v) is 11.7. The van der Waals surface area contributed by atoms with Gasteiger partial charge in [-0.1, -0.05) is 67.6 Å². The van der Waals surface area contributed by atoms with Crippen LogP contribution in [0.3, 0.4) is 0 Å². The third-order valence-electron chi connectivity index (χ3n) is 4.35. The molecule has 0 aromatic heterocycles. The highest BCUT2D eigenvalue weighted by molar-refractivity contribution is 5.25. The van der Waals surface area contributed by atoms with Crippen LogP contribution in [-0.4, -0.2) is 11.2 Å². The molecular formula is C18H21NO. The molecule has 2 N–H and O–H groups in total. The van der Waals surface area contributed by atoms with E-state index in [0.29, 0.717) is 0 Å². The van der Waals surface area contributed by atoms with E-state index in [2.05, 4.69) is 60.8 Å². The molecule has 0 aliphatic carbocycles. The average molecular weight is 267 g/mol. The molecule has 0 spiro atoms. The van der Waals surface area contributed by atoms with Crippen molar-refractivity contribution in [2.75, 3.05) is 0 Å². The molecule has 104 valence electrons. The van der Waals surface area contributed by atoms with E-state index in [1.165, 1.54) is 11.1 Å². The molecule has 1 aliphatic rings. The molecule has 0 unspecified atom stereocenters. The van der Waals surface area contributed by atoms with Gasteiger partial charge in [0.2, 0.25) is 0 Å². The molecular weight excluding hydrogens is 246 g/mol. The maximum absolute atomic E-state index is 10.4. The summed E-state index contributed by atoms with van der Waals surface area (Å²) in [6.07, 6.45) is 0.501. The van der Waals surface area contributed by atoms with Crippen LogP contribution in [0.2, 0.25) is 0 Å². The van der Waals surface area contributed by atoms with Crippen molar-refractivity contribution in [1.82, 2.24) is 5.32 Å². The largest absolute Gasteiger partial charge is 0.393 e. The highest BCUT2D eigenvalue weighted by Crippen LogP contribution is 2.36. The Morgan fingerprint density at radius 3 is 2.05 bits per heavy atom. The fourth-order valence-corrected chi connectivity index (χ4v) is 3.09. The predicted molar refractivity (Wildman–Crippen MR) is 81.3 cm³/mol. The van der Waals surface area contributed by atoms with Gasteiger partial charge < -0.3 is 10.4 Å². The second kappa shape index (κ2) is 5.78. The van der Waals surface area contributed by atoms with Gasteiger partial charge in [-0.25, -0.2) is 0 Å². The number of hydrogen-bond acceptors (Lipinski definition) is 2. The lowest BCUT2D eigenvalue weighted by atomic mass is 9.81. The second-order valence-corrected chi connectivity index (χ2v) is 5.68. The number of benzene rings is 2. The summed E-state index contributed by atoms with van der Waals surface area (Å²) in [4.78, 5) is 0. The topological polar surface area (TPSA) is 32.3 Å². The summed E-state index contributed by atoms with van der Waals surface area (Å²) in [6, 6.07) is 21.2. The monoisotopic (exact) mass is 267 g/mol. The molecule has 1 heterocycles. The molecule has 0 amide bonds. The van der Waals surface area contributed by atoms with Crippen LogP contribution in [0, 0.1) is 5.92 Å². The molecule has 0 radical (unpaired) electrons. The molecule has 4 atom stereocenters. The van der Waals surface area contributed by atoms with Gasteiger partial charge >= 0.3 is 0 Å². The molecule has 20 heavy (non-hydrogen) atoms. The first kappa shape index (κ1) is 13.3. The summed E-state index contributed by atoms with van der Waals surface area (Å²) < 4.78 is 0. The minimum Gasteiger partial charge on any atom is -0.393 e. The van der Waals surface area contributed by atoms with Crippen molar-refractivity contribution in [1.29, 1.82) is 0 Å². The third kappa shape index (κ3) is 2.62. The van der Waals surface area contributed by atoms with Crippen molar-refractivity contribution in [3.8, 4) is 0 Å². The zero-order valence-electron chi connectivity index (χ0n) is 11.7. The lowest BCUT2D eigenvalue weighted by molar-refractivity contribution is 0.0402. The van der Waals surface area contributed by atoms with Crippen molar-refractivity contribution in [3.05, 3.63) is 71.8 Å². The van der Waals surface area contributed by atoms with Gasteiger partial charge in [0.1, 0.15) is 0 Å². The van der Waals surface area contributed by atoms with Gasteiger partial charge in [0.05, 0.1) is 6.10 Å². The Morgan fingerprint density at radius 1 is 0.900 bits per heavy atom. The summed E-state index contributed by atoms with van der Waals surface area (Å²) in [7, 11) is 0. The minimum atomic E-state index is -0.272. The standard InChI is InChI=1S/C18H21NO/c1-13-17(20)12-16(14-8-4-2-5-9-14)19-18(13)15-10-6-3-7-11-15/h2-11,13,16-20H,12H2,1H3/t13-,16-,17-,18-/m0/s1. The van der Waals surface area contributed by atoms with Crippen LogP contribution in [0.1, 0.15) is 36.6 Å². The molecule has 2 nitrogen and oxygen atoms in total. The van der Waals surface area contributed by atoms with E-state index in [1.54, 1.807) is 0 Å². The van der Waals surface area contributed by atoms with E-state index in [1.807, 2.05) is 12.1 Å². The van der Waals surface area contributed by atoms with Crippen LogP contribution in [0.5, 0.6) is 0 Å². The van der Waals surface area contributed by atoms with Gasteiger partial charge in [0.15, 0.2) is 0 Å². The Labute approximate surface area is 120 Å². The fraction of sp³-hybridized carbons (Fsp3) is 0.333. The van der Waals surface area contributed by atoms with Gasteiger partial charge in [-0.05, 0) is 17.5 Å². The summed E-state index contributed by atoms with van der Waals surface area (Å²) in [5.74, 6) is 0.220. The summed E-state index contributed by atoms with van der Waals surface area (Å²) in [6.45, 7) is 2.12. The zero-order chi connectivity index (χ0) is 13.9. The molecule has 0 bridgehead atoms. The van der Waals surface area contributed by atoms with Crippen molar-refractivity contribution < 1.29 is 5.11 Å². The molecule has 2 aromatic rings. The first-order chi connectivity index (χ1) is 9.75. The average Bonchev–Trinajstić information content (AvgIpc) is 2.51. The molecule has 0 saturated carbocycles. The third-order valence-corrected chi connectivity index (χ3v) is 4.35.